The number of aryl methyl sites for hydroxylation is 2. The molecule has 0 aliphatic carbocycles. The van der Waals surface area contributed by atoms with Crippen molar-refractivity contribution in [2.75, 3.05) is 49.3 Å². The number of rotatable bonds is 18. The van der Waals surface area contributed by atoms with Gasteiger partial charge in [-0.25, -0.2) is 9.78 Å². The van der Waals surface area contributed by atoms with Crippen molar-refractivity contribution in [1.29, 1.82) is 0 Å². The van der Waals surface area contributed by atoms with Gasteiger partial charge in [0.2, 0.25) is 29.6 Å². The van der Waals surface area contributed by atoms with Crippen LogP contribution in [0, 0.1) is 19.8 Å². The van der Waals surface area contributed by atoms with Gasteiger partial charge in [-0.1, -0.05) is 63.6 Å². The van der Waals surface area contributed by atoms with Gasteiger partial charge in [-0.2, -0.15) is 4.98 Å². The molecular formula is C47H61N11O6. The van der Waals surface area contributed by atoms with Crippen LogP contribution in [0.2, 0.25) is 0 Å². The van der Waals surface area contributed by atoms with Crippen molar-refractivity contribution >= 4 is 58.7 Å². The van der Waals surface area contributed by atoms with E-state index in [0.717, 1.165) is 23.2 Å². The monoisotopic (exact) mass is 875 g/mol. The predicted molar refractivity (Wildman–Crippen MR) is 246 cm³/mol. The molecule has 5 rings (SSSR count). The Labute approximate surface area is 375 Å². The van der Waals surface area contributed by atoms with Gasteiger partial charge in [-0.3, -0.25) is 38.8 Å². The second-order valence-corrected chi connectivity index (χ2v) is 17.2. The first-order valence-corrected chi connectivity index (χ1v) is 21.5. The highest BCUT2D eigenvalue weighted by molar-refractivity contribution is 6.07. The molecule has 0 radical (unpaired) electrons. The molecular weight excluding hydrogens is 815 g/mol. The largest absolute Gasteiger partial charge is 0.347 e. The number of benzene rings is 2. The maximum absolute atomic E-state index is 14.6. The Hall–Kier alpha value is -6.91. The minimum absolute atomic E-state index is 0.127. The van der Waals surface area contributed by atoms with Crippen molar-refractivity contribution in [2.45, 2.75) is 91.9 Å². The third-order valence-electron chi connectivity index (χ3n) is 10.9. The van der Waals surface area contributed by atoms with E-state index in [1.807, 2.05) is 77.1 Å². The van der Waals surface area contributed by atoms with Gasteiger partial charge in [0, 0.05) is 62.8 Å². The van der Waals surface area contributed by atoms with Gasteiger partial charge in [0.1, 0.15) is 23.4 Å². The van der Waals surface area contributed by atoms with E-state index < -0.39 is 41.3 Å². The van der Waals surface area contributed by atoms with Crippen LogP contribution in [0.5, 0.6) is 0 Å². The Balaban J connectivity index is 1.35. The van der Waals surface area contributed by atoms with E-state index in [0.29, 0.717) is 35.1 Å². The van der Waals surface area contributed by atoms with E-state index in [2.05, 4.69) is 36.2 Å². The number of amides is 7. The van der Waals surface area contributed by atoms with E-state index in [4.69, 9.17) is 0 Å². The normalized spacial score (nSPS) is 13.4. The molecule has 2 atom stereocenters. The quantitative estimate of drug-likeness (QED) is 0.107. The smallest absolute Gasteiger partial charge is 0.330 e. The zero-order valence-electron chi connectivity index (χ0n) is 38.5. The maximum Gasteiger partial charge on any atom is 0.330 e. The number of hydrogen-bond acceptors (Lipinski definition) is 10. The van der Waals surface area contributed by atoms with Crippen LogP contribution in [0.15, 0.2) is 73.1 Å². The lowest BCUT2D eigenvalue weighted by atomic mass is 9.99. The average molecular weight is 876 g/mol. The van der Waals surface area contributed by atoms with Crippen molar-refractivity contribution in [3.05, 3.63) is 101 Å². The number of urea groups is 1. The molecule has 17 nitrogen and oxygen atoms in total. The summed E-state index contributed by atoms with van der Waals surface area (Å²) in [7, 11) is 4.84. The molecule has 0 unspecified atom stereocenters. The summed E-state index contributed by atoms with van der Waals surface area (Å²) in [5, 5.41) is 11.6. The molecule has 4 aromatic rings. The number of fused-ring (bicyclic) bond motifs is 1. The lowest BCUT2D eigenvalue weighted by molar-refractivity contribution is -0.140. The predicted octanol–water partition coefficient (Wildman–Crippen LogP) is 4.90. The minimum Gasteiger partial charge on any atom is -0.347 e. The Morgan fingerprint density at radius 1 is 0.906 bits per heavy atom. The number of pyridine rings is 1. The number of nitrogens with zero attached hydrogens (tertiary/aromatic N) is 7. The van der Waals surface area contributed by atoms with Crippen LogP contribution < -0.4 is 31.1 Å². The molecule has 340 valence electrons. The number of likely N-dealkylation sites (N-methyl/N-ethyl adjacent to an activating group) is 1. The van der Waals surface area contributed by atoms with Crippen molar-refractivity contribution in [2.24, 2.45) is 5.92 Å². The lowest BCUT2D eigenvalue weighted by Crippen LogP contribution is -2.61. The number of nitrogens with one attached hydrogen (secondary N) is 4. The van der Waals surface area contributed by atoms with Gasteiger partial charge in [-0.05, 0) is 75.4 Å². The molecule has 1 aliphatic heterocycles. The standard InChI is InChI=1S/C47H61N11O6/c1-11-12-22-57(28-38(59)54-47(6,7)44(63)52-39(29(2)3)43(62)55(8)9)42(61)36(23-32-16-14-13-15-17-32)51-41(60)33-20-18-30(4)37(24-33)58-27-34-25-49-45(53-40(34)56(10)46(58)64)50-35-21-19-31(5)48-26-35/h13-21,24-26,29,36,39H,11-12,22-23,27-28H2,1-10H3,(H,51,60)(H,52,63)(H,54,59)(H,49,50,53)/t36-,39-/m0/s1. The van der Waals surface area contributed by atoms with Crippen molar-refractivity contribution in [3.63, 3.8) is 0 Å². The lowest BCUT2D eigenvalue weighted by Gasteiger charge is -2.35. The highest BCUT2D eigenvalue weighted by Crippen LogP contribution is 2.32. The Morgan fingerprint density at radius 3 is 2.27 bits per heavy atom. The van der Waals surface area contributed by atoms with Crippen LogP contribution in [0.25, 0.3) is 0 Å². The zero-order chi connectivity index (χ0) is 46.9. The summed E-state index contributed by atoms with van der Waals surface area (Å²) in [4.78, 5) is 102. The zero-order valence-corrected chi connectivity index (χ0v) is 38.5. The topological polar surface area (TPSA) is 202 Å². The number of carbonyl (C=O) groups is 6. The van der Waals surface area contributed by atoms with Gasteiger partial charge in [0.25, 0.3) is 5.91 Å². The van der Waals surface area contributed by atoms with Gasteiger partial charge in [0.05, 0.1) is 25.0 Å². The second-order valence-electron chi connectivity index (χ2n) is 17.2. The number of carbonyl (C=O) groups excluding carboxylic acids is 6. The Kier molecular flexibility index (Phi) is 15.8. The summed E-state index contributed by atoms with van der Waals surface area (Å²) in [5.41, 5.74) is 3.06. The molecule has 1 aliphatic rings. The van der Waals surface area contributed by atoms with E-state index in [-0.39, 0.29) is 49.5 Å². The Bertz CT molecular complexity index is 2340. The number of hydrogen-bond donors (Lipinski definition) is 4. The fourth-order valence-corrected chi connectivity index (χ4v) is 7.13. The van der Waals surface area contributed by atoms with E-state index in [1.54, 1.807) is 56.6 Å². The van der Waals surface area contributed by atoms with Crippen LogP contribution in [-0.2, 0) is 32.1 Å². The maximum atomic E-state index is 14.6. The van der Waals surface area contributed by atoms with Crippen LogP contribution in [0.1, 0.15) is 80.2 Å². The van der Waals surface area contributed by atoms with E-state index >= 15 is 0 Å². The fraction of sp³-hybridized carbons (Fsp3) is 0.426. The summed E-state index contributed by atoms with van der Waals surface area (Å²) >= 11 is 0. The van der Waals surface area contributed by atoms with Crippen LogP contribution in [0.3, 0.4) is 0 Å². The van der Waals surface area contributed by atoms with E-state index in [9.17, 15) is 28.8 Å². The number of aromatic nitrogens is 3. The highest BCUT2D eigenvalue weighted by atomic mass is 16.2. The molecule has 0 spiro atoms. The summed E-state index contributed by atoms with van der Waals surface area (Å²) in [6.45, 7) is 12.4. The van der Waals surface area contributed by atoms with Crippen LogP contribution >= 0.6 is 0 Å². The molecule has 64 heavy (non-hydrogen) atoms. The first-order chi connectivity index (χ1) is 30.3. The summed E-state index contributed by atoms with van der Waals surface area (Å²) in [6.07, 6.45) is 4.76. The molecule has 17 heteroatoms. The fourth-order valence-electron chi connectivity index (χ4n) is 7.13. The molecule has 0 bridgehead atoms. The molecule has 0 saturated carbocycles. The third kappa shape index (κ3) is 12.0. The average Bonchev–Trinajstić information content (AvgIpc) is 3.25. The number of anilines is 4. The van der Waals surface area contributed by atoms with E-state index in [1.165, 1.54) is 28.5 Å². The van der Waals surface area contributed by atoms with Crippen molar-refractivity contribution in [1.82, 2.24) is 40.7 Å². The van der Waals surface area contributed by atoms with Crippen molar-refractivity contribution in [3.8, 4) is 0 Å². The Morgan fingerprint density at radius 2 is 1.62 bits per heavy atom. The number of unbranched alkanes of at least 4 members (excludes halogenated alkanes) is 1. The van der Waals surface area contributed by atoms with Crippen molar-refractivity contribution < 1.29 is 28.8 Å². The highest BCUT2D eigenvalue weighted by Gasteiger charge is 2.36. The van der Waals surface area contributed by atoms with Gasteiger partial charge >= 0.3 is 6.03 Å². The molecule has 3 heterocycles. The van der Waals surface area contributed by atoms with Gasteiger partial charge in [-0.15, -0.1) is 0 Å². The first-order valence-electron chi connectivity index (χ1n) is 21.5. The van der Waals surface area contributed by atoms with Crippen LogP contribution in [0.4, 0.5) is 27.9 Å². The summed E-state index contributed by atoms with van der Waals surface area (Å²) in [5.74, 6) is -1.91. The van der Waals surface area contributed by atoms with Gasteiger partial charge in [0.15, 0.2) is 0 Å². The second kappa shape index (κ2) is 21.0. The SMILES string of the molecule is CCCCN(CC(=O)NC(C)(C)C(=O)N[C@H](C(=O)N(C)C)C(C)C)C(=O)[C@H](Cc1ccccc1)NC(=O)c1ccc(C)c(N2Cc3cnc(Nc4ccc(C)nc4)nc3N(C)C2=O)c1. The molecule has 0 fully saturated rings. The molecule has 2 aromatic carbocycles. The summed E-state index contributed by atoms with van der Waals surface area (Å²) < 4.78 is 0. The molecule has 4 N–H and O–H groups in total. The van der Waals surface area contributed by atoms with Crippen LogP contribution in [-0.4, -0.2) is 112 Å². The molecule has 2 aromatic heterocycles. The molecule has 7 amide bonds. The third-order valence-corrected chi connectivity index (χ3v) is 10.9. The molecule has 0 saturated heterocycles. The van der Waals surface area contributed by atoms with Gasteiger partial charge < -0.3 is 31.1 Å². The summed E-state index contributed by atoms with van der Waals surface area (Å²) in [6, 6.07) is 15.7. The minimum atomic E-state index is -1.43. The first kappa shape index (κ1) is 48.1.